The van der Waals surface area contributed by atoms with Gasteiger partial charge in [-0.15, -0.1) is 0 Å². The second-order valence-corrected chi connectivity index (χ2v) is 4.76. The maximum absolute atomic E-state index is 6.05. The van der Waals surface area contributed by atoms with Crippen LogP contribution in [0.25, 0.3) is 0 Å². The van der Waals surface area contributed by atoms with Gasteiger partial charge < -0.3 is 15.0 Å². The zero-order valence-corrected chi connectivity index (χ0v) is 11.5. The molecule has 1 atom stereocenters. The van der Waals surface area contributed by atoms with Gasteiger partial charge in [0.1, 0.15) is 11.9 Å². The molecule has 18 heavy (non-hydrogen) atoms. The van der Waals surface area contributed by atoms with Crippen molar-refractivity contribution in [2.45, 2.75) is 32.8 Å². The Balaban J connectivity index is 2.01. The number of anilines is 1. The van der Waals surface area contributed by atoms with Crippen LogP contribution in [0.5, 0.6) is 5.75 Å². The maximum Gasteiger partial charge on any atom is 0.121 e. The monoisotopic (exact) mass is 248 g/mol. The highest BCUT2D eigenvalue weighted by atomic mass is 16.5. The lowest BCUT2D eigenvalue weighted by molar-refractivity contribution is 0.167. The fourth-order valence-corrected chi connectivity index (χ4v) is 2.46. The molecule has 1 aromatic rings. The first kappa shape index (κ1) is 13.2. The summed E-state index contributed by atoms with van der Waals surface area (Å²) in [6, 6.07) is 8.45. The Morgan fingerprint density at radius 3 is 2.83 bits per heavy atom. The van der Waals surface area contributed by atoms with E-state index >= 15 is 0 Å². The van der Waals surface area contributed by atoms with E-state index in [9.17, 15) is 0 Å². The molecule has 0 radical (unpaired) electrons. The largest absolute Gasteiger partial charge is 0.489 e. The first-order valence-corrected chi connectivity index (χ1v) is 7.06. The minimum absolute atomic E-state index is 0.325. The summed E-state index contributed by atoms with van der Waals surface area (Å²) in [6.07, 6.45) is 2.69. The lowest BCUT2D eigenvalue weighted by Gasteiger charge is -2.25. The predicted octanol–water partition coefficient (Wildman–Crippen LogP) is 2.66. The Morgan fingerprint density at radius 1 is 1.33 bits per heavy atom. The highest BCUT2D eigenvalue weighted by Crippen LogP contribution is 2.23. The summed E-state index contributed by atoms with van der Waals surface area (Å²) in [5.41, 5.74) is 1.25. The molecular weight excluding hydrogens is 224 g/mol. The van der Waals surface area contributed by atoms with Crippen molar-refractivity contribution >= 4 is 5.69 Å². The molecule has 0 spiro atoms. The zero-order valence-electron chi connectivity index (χ0n) is 11.5. The molecule has 100 valence electrons. The first-order chi connectivity index (χ1) is 8.83. The Hall–Kier alpha value is -1.22. The molecule has 1 heterocycles. The third kappa shape index (κ3) is 3.39. The molecule has 2 rings (SSSR count). The summed E-state index contributed by atoms with van der Waals surface area (Å²) < 4.78 is 6.05. The number of benzene rings is 1. The molecule has 3 nitrogen and oxygen atoms in total. The minimum atomic E-state index is 0.325. The molecule has 0 amide bonds. The van der Waals surface area contributed by atoms with Gasteiger partial charge in [-0.1, -0.05) is 6.07 Å². The number of nitrogens with one attached hydrogen (secondary N) is 1. The molecular formula is C15H24N2O. The van der Waals surface area contributed by atoms with Crippen molar-refractivity contribution in [2.24, 2.45) is 0 Å². The zero-order chi connectivity index (χ0) is 12.8. The van der Waals surface area contributed by atoms with Crippen molar-refractivity contribution in [1.29, 1.82) is 0 Å². The molecule has 1 aliphatic heterocycles. The van der Waals surface area contributed by atoms with E-state index in [-0.39, 0.29) is 0 Å². The van der Waals surface area contributed by atoms with Gasteiger partial charge in [0.2, 0.25) is 0 Å². The van der Waals surface area contributed by atoms with E-state index in [1.807, 2.05) is 0 Å². The summed E-state index contributed by atoms with van der Waals surface area (Å²) in [5, 5.41) is 3.38. The highest BCUT2D eigenvalue weighted by molar-refractivity contribution is 5.50. The molecule has 1 fully saturated rings. The number of hydrogen-bond acceptors (Lipinski definition) is 3. The fraction of sp³-hybridized carbons (Fsp3) is 0.600. The number of nitrogens with zero attached hydrogens (tertiary/aromatic N) is 1. The Bertz CT molecular complexity index is 357. The van der Waals surface area contributed by atoms with E-state index in [2.05, 4.69) is 48.3 Å². The lowest BCUT2D eigenvalue weighted by Crippen LogP contribution is -2.37. The molecule has 0 aromatic heterocycles. The van der Waals surface area contributed by atoms with Gasteiger partial charge in [0.15, 0.2) is 0 Å². The van der Waals surface area contributed by atoms with E-state index in [1.165, 1.54) is 12.1 Å². The highest BCUT2D eigenvalue weighted by Gasteiger charge is 2.14. The van der Waals surface area contributed by atoms with Crippen LogP contribution in [0.4, 0.5) is 5.69 Å². The van der Waals surface area contributed by atoms with Gasteiger partial charge in [0.25, 0.3) is 0 Å². The van der Waals surface area contributed by atoms with Crippen LogP contribution < -0.4 is 15.0 Å². The van der Waals surface area contributed by atoms with Gasteiger partial charge >= 0.3 is 0 Å². The number of hydrogen-bond donors (Lipinski definition) is 1. The van der Waals surface area contributed by atoms with E-state index in [0.29, 0.717) is 6.10 Å². The molecule has 0 aliphatic carbocycles. The summed E-state index contributed by atoms with van der Waals surface area (Å²) in [6.45, 7) is 8.52. The van der Waals surface area contributed by atoms with E-state index in [4.69, 9.17) is 4.74 Å². The third-order valence-electron chi connectivity index (χ3n) is 3.50. The van der Waals surface area contributed by atoms with E-state index in [1.54, 1.807) is 0 Å². The second-order valence-electron chi connectivity index (χ2n) is 4.76. The molecule has 0 unspecified atom stereocenters. The summed E-state index contributed by atoms with van der Waals surface area (Å²) in [4.78, 5) is 2.34. The van der Waals surface area contributed by atoms with Crippen LogP contribution in [0.15, 0.2) is 24.3 Å². The van der Waals surface area contributed by atoms with Crippen LogP contribution in [0.1, 0.15) is 26.7 Å². The average molecular weight is 248 g/mol. The van der Waals surface area contributed by atoms with Gasteiger partial charge in [-0.2, -0.15) is 0 Å². The van der Waals surface area contributed by atoms with Crippen molar-refractivity contribution < 1.29 is 4.74 Å². The maximum atomic E-state index is 6.05. The second kappa shape index (κ2) is 6.64. The van der Waals surface area contributed by atoms with E-state index < -0.39 is 0 Å². The van der Waals surface area contributed by atoms with Crippen LogP contribution >= 0.6 is 0 Å². The molecule has 1 aromatic carbocycles. The number of ether oxygens (including phenoxy) is 1. The van der Waals surface area contributed by atoms with Crippen LogP contribution in [0.2, 0.25) is 0 Å². The summed E-state index contributed by atoms with van der Waals surface area (Å²) in [7, 11) is 0. The van der Waals surface area contributed by atoms with Crippen molar-refractivity contribution in [2.75, 3.05) is 31.1 Å². The molecule has 1 N–H and O–H groups in total. The predicted molar refractivity (Wildman–Crippen MR) is 76.5 cm³/mol. The third-order valence-corrected chi connectivity index (χ3v) is 3.50. The van der Waals surface area contributed by atoms with Gasteiger partial charge in [-0.05, 0) is 45.4 Å². The molecule has 0 bridgehead atoms. The van der Waals surface area contributed by atoms with Crippen molar-refractivity contribution in [3.8, 4) is 5.75 Å². The normalized spacial score (nSPS) is 19.6. The molecule has 0 saturated carbocycles. The topological polar surface area (TPSA) is 24.5 Å². The Morgan fingerprint density at radius 2 is 2.17 bits per heavy atom. The number of rotatable bonds is 5. The number of piperidine rings is 1. The van der Waals surface area contributed by atoms with Crippen LogP contribution in [-0.4, -0.2) is 32.3 Å². The summed E-state index contributed by atoms with van der Waals surface area (Å²) >= 11 is 0. The van der Waals surface area contributed by atoms with Crippen LogP contribution in [0.3, 0.4) is 0 Å². The lowest BCUT2D eigenvalue weighted by atomic mass is 10.1. The van der Waals surface area contributed by atoms with Gasteiger partial charge in [0.05, 0.1) is 0 Å². The smallest absolute Gasteiger partial charge is 0.121 e. The Labute approximate surface area is 110 Å². The van der Waals surface area contributed by atoms with Gasteiger partial charge in [-0.25, -0.2) is 0 Å². The SMILES string of the molecule is CCN(CC)c1cccc(O[C@@H]2CCCNC2)c1. The van der Waals surface area contributed by atoms with Crippen LogP contribution in [0, 0.1) is 0 Å². The standard InChI is InChI=1S/C15H24N2O/c1-3-17(4-2)13-7-5-8-14(11-13)18-15-9-6-10-16-12-15/h5,7-8,11,15-16H,3-4,6,9-10,12H2,1-2H3/t15-/m1/s1. The van der Waals surface area contributed by atoms with Crippen molar-refractivity contribution in [3.63, 3.8) is 0 Å². The van der Waals surface area contributed by atoms with Crippen molar-refractivity contribution in [1.82, 2.24) is 5.32 Å². The molecule has 1 aliphatic rings. The van der Waals surface area contributed by atoms with E-state index in [0.717, 1.165) is 38.3 Å². The van der Waals surface area contributed by atoms with Gasteiger partial charge in [0, 0.05) is 31.4 Å². The average Bonchev–Trinajstić information content (AvgIpc) is 2.42. The first-order valence-electron chi connectivity index (χ1n) is 7.06. The molecule has 3 heteroatoms. The quantitative estimate of drug-likeness (QED) is 0.867. The Kier molecular flexibility index (Phi) is 4.88. The minimum Gasteiger partial charge on any atom is -0.489 e. The summed E-state index contributed by atoms with van der Waals surface area (Å²) in [5.74, 6) is 0.994. The van der Waals surface area contributed by atoms with Gasteiger partial charge in [-0.3, -0.25) is 0 Å². The molecule has 1 saturated heterocycles. The van der Waals surface area contributed by atoms with Crippen LogP contribution in [-0.2, 0) is 0 Å². The fourth-order valence-electron chi connectivity index (χ4n) is 2.46. The van der Waals surface area contributed by atoms with Crippen molar-refractivity contribution in [3.05, 3.63) is 24.3 Å².